The molecule has 0 heteroatoms. The quantitative estimate of drug-likeness (QED) is 0.548. The molecule has 0 fully saturated rings. The lowest BCUT2D eigenvalue weighted by Gasteiger charge is -2.11. The van der Waals surface area contributed by atoms with E-state index in [9.17, 15) is 0 Å². The number of rotatable bonds is 6. The normalized spacial score (nSPS) is 20.2. The van der Waals surface area contributed by atoms with Crippen molar-refractivity contribution in [3.05, 3.63) is 96.7 Å². The van der Waals surface area contributed by atoms with Crippen LogP contribution in [-0.2, 0) is 0 Å². The predicted molar refractivity (Wildman–Crippen MR) is 86.9 cm³/mol. The highest BCUT2D eigenvalue weighted by Gasteiger charge is 2.22. The van der Waals surface area contributed by atoms with E-state index in [4.69, 9.17) is 0 Å². The zero-order chi connectivity index (χ0) is 14.3. The fraction of sp³-hybridized carbons (Fsp3) is 0.158. The molecule has 0 heterocycles. The third-order valence-electron chi connectivity index (χ3n) is 3.14. The van der Waals surface area contributed by atoms with Crippen LogP contribution < -0.4 is 0 Å². The SMILES string of the molecule is C=C/C=C\C1=C[C@H](/C(C)=C/C=C)C(C=C)=C1/C=C\C. The molecule has 1 rings (SSSR count). The summed E-state index contributed by atoms with van der Waals surface area (Å²) in [6, 6.07) is 0. The van der Waals surface area contributed by atoms with Crippen LogP contribution in [0.1, 0.15) is 13.8 Å². The molecule has 0 N–H and O–H groups in total. The van der Waals surface area contributed by atoms with E-state index < -0.39 is 0 Å². The molecule has 0 saturated carbocycles. The van der Waals surface area contributed by atoms with Crippen molar-refractivity contribution >= 4 is 0 Å². The van der Waals surface area contributed by atoms with Gasteiger partial charge in [-0.15, -0.1) is 0 Å². The van der Waals surface area contributed by atoms with Crippen LogP contribution in [0, 0.1) is 5.92 Å². The van der Waals surface area contributed by atoms with E-state index in [1.54, 1.807) is 6.08 Å². The summed E-state index contributed by atoms with van der Waals surface area (Å²) < 4.78 is 0. The molecule has 0 bridgehead atoms. The van der Waals surface area contributed by atoms with E-state index in [-0.39, 0.29) is 5.92 Å². The molecular weight excluding hydrogens is 228 g/mol. The summed E-state index contributed by atoms with van der Waals surface area (Å²) in [6.45, 7) is 15.6. The highest BCUT2D eigenvalue weighted by atomic mass is 14.3. The minimum absolute atomic E-state index is 0.283. The Kier molecular flexibility index (Phi) is 5.81. The van der Waals surface area contributed by atoms with Gasteiger partial charge in [0, 0.05) is 5.92 Å². The van der Waals surface area contributed by atoms with Crippen LogP contribution in [0.3, 0.4) is 0 Å². The van der Waals surface area contributed by atoms with E-state index in [0.29, 0.717) is 0 Å². The average Bonchev–Trinajstić information content (AvgIpc) is 2.75. The largest absolute Gasteiger partial charge is 0.0991 e. The lowest BCUT2D eigenvalue weighted by Crippen LogP contribution is -1.98. The van der Waals surface area contributed by atoms with Crippen molar-refractivity contribution < 1.29 is 0 Å². The second-order valence-corrected chi connectivity index (χ2v) is 4.41. The molecule has 0 spiro atoms. The van der Waals surface area contributed by atoms with Crippen molar-refractivity contribution in [3.8, 4) is 0 Å². The Morgan fingerprint density at radius 3 is 2.42 bits per heavy atom. The van der Waals surface area contributed by atoms with Crippen LogP contribution >= 0.6 is 0 Å². The van der Waals surface area contributed by atoms with Gasteiger partial charge in [0.2, 0.25) is 0 Å². The smallest absolute Gasteiger partial charge is 0.0243 e. The van der Waals surface area contributed by atoms with E-state index in [1.165, 1.54) is 22.3 Å². The second kappa shape index (κ2) is 7.38. The van der Waals surface area contributed by atoms with E-state index in [0.717, 1.165) is 0 Å². The third kappa shape index (κ3) is 3.45. The molecule has 1 aliphatic carbocycles. The summed E-state index contributed by atoms with van der Waals surface area (Å²) in [4.78, 5) is 0. The number of hydrogen-bond donors (Lipinski definition) is 0. The molecule has 1 aliphatic rings. The molecule has 0 aromatic rings. The second-order valence-electron chi connectivity index (χ2n) is 4.41. The average molecular weight is 250 g/mol. The fourth-order valence-corrected chi connectivity index (χ4v) is 2.27. The minimum atomic E-state index is 0.283. The molecule has 0 nitrogen and oxygen atoms in total. The predicted octanol–water partition coefficient (Wildman–Crippen LogP) is 5.48. The topological polar surface area (TPSA) is 0 Å². The Bertz CT molecular complexity index is 516. The summed E-state index contributed by atoms with van der Waals surface area (Å²) in [6.07, 6.45) is 18.1. The lowest BCUT2D eigenvalue weighted by molar-refractivity contribution is 0.935. The van der Waals surface area contributed by atoms with Gasteiger partial charge in [0.25, 0.3) is 0 Å². The Hall–Kier alpha value is -2.08. The first-order chi connectivity index (χ1) is 9.19. The Morgan fingerprint density at radius 2 is 1.89 bits per heavy atom. The van der Waals surface area contributed by atoms with E-state index in [1.807, 2.05) is 25.2 Å². The molecule has 0 unspecified atom stereocenters. The van der Waals surface area contributed by atoms with Gasteiger partial charge in [-0.05, 0) is 30.6 Å². The summed E-state index contributed by atoms with van der Waals surface area (Å²) in [5, 5.41) is 0. The zero-order valence-corrected chi connectivity index (χ0v) is 11.9. The molecule has 98 valence electrons. The summed E-state index contributed by atoms with van der Waals surface area (Å²) >= 11 is 0. The van der Waals surface area contributed by atoms with Gasteiger partial charge in [-0.3, -0.25) is 0 Å². The van der Waals surface area contributed by atoms with Crippen molar-refractivity contribution in [2.75, 3.05) is 0 Å². The van der Waals surface area contributed by atoms with Crippen LogP contribution in [0.4, 0.5) is 0 Å². The molecule has 19 heavy (non-hydrogen) atoms. The molecule has 0 radical (unpaired) electrons. The van der Waals surface area contributed by atoms with Gasteiger partial charge in [0.05, 0.1) is 0 Å². The van der Waals surface area contributed by atoms with Crippen LogP contribution in [-0.4, -0.2) is 0 Å². The molecule has 0 saturated heterocycles. The highest BCUT2D eigenvalue weighted by Crippen LogP contribution is 2.37. The lowest BCUT2D eigenvalue weighted by atomic mass is 9.93. The molecule has 0 aromatic carbocycles. The van der Waals surface area contributed by atoms with Crippen molar-refractivity contribution in [2.24, 2.45) is 5.92 Å². The summed E-state index contributed by atoms with van der Waals surface area (Å²) in [5.41, 5.74) is 4.97. The van der Waals surface area contributed by atoms with Crippen LogP contribution in [0.25, 0.3) is 0 Å². The molecule has 0 amide bonds. The molecule has 0 aromatic heterocycles. The maximum Gasteiger partial charge on any atom is 0.0243 e. The first-order valence-electron chi connectivity index (χ1n) is 6.49. The third-order valence-corrected chi connectivity index (χ3v) is 3.14. The summed E-state index contributed by atoms with van der Waals surface area (Å²) in [7, 11) is 0. The van der Waals surface area contributed by atoms with Gasteiger partial charge in [-0.1, -0.05) is 80.0 Å². The first-order valence-corrected chi connectivity index (χ1v) is 6.49. The monoisotopic (exact) mass is 250 g/mol. The number of allylic oxidation sites excluding steroid dienone is 13. The Morgan fingerprint density at radius 1 is 1.16 bits per heavy atom. The van der Waals surface area contributed by atoms with Crippen LogP contribution in [0.2, 0.25) is 0 Å². The molecule has 0 aliphatic heterocycles. The van der Waals surface area contributed by atoms with Gasteiger partial charge in [-0.2, -0.15) is 0 Å². The maximum atomic E-state index is 3.96. The van der Waals surface area contributed by atoms with Crippen molar-refractivity contribution in [3.63, 3.8) is 0 Å². The zero-order valence-electron chi connectivity index (χ0n) is 11.9. The summed E-state index contributed by atoms with van der Waals surface area (Å²) in [5.74, 6) is 0.283. The van der Waals surface area contributed by atoms with Gasteiger partial charge in [0.1, 0.15) is 0 Å². The highest BCUT2D eigenvalue weighted by molar-refractivity contribution is 5.61. The first kappa shape index (κ1) is 15.0. The van der Waals surface area contributed by atoms with Gasteiger partial charge in [0.15, 0.2) is 0 Å². The van der Waals surface area contributed by atoms with Crippen molar-refractivity contribution in [2.45, 2.75) is 13.8 Å². The van der Waals surface area contributed by atoms with E-state index in [2.05, 4.69) is 57.0 Å². The standard InChI is InChI=1S/C19H22/c1-6-10-13-16-14-19(15(5)11-7-2)17(9-4)18(16)12-8-3/h6-14,19H,1-2,4H2,3,5H3/b12-8-,13-10-,15-11+/t19-/m1/s1. The van der Waals surface area contributed by atoms with Crippen molar-refractivity contribution in [1.29, 1.82) is 0 Å². The Balaban J connectivity index is 3.34. The van der Waals surface area contributed by atoms with Crippen LogP contribution in [0.15, 0.2) is 96.7 Å². The fourth-order valence-electron chi connectivity index (χ4n) is 2.27. The molecule has 1 atom stereocenters. The van der Waals surface area contributed by atoms with Crippen molar-refractivity contribution in [1.82, 2.24) is 0 Å². The van der Waals surface area contributed by atoms with Gasteiger partial charge >= 0.3 is 0 Å². The minimum Gasteiger partial charge on any atom is -0.0991 e. The molecular formula is C19H22. The van der Waals surface area contributed by atoms with Crippen LogP contribution in [0.5, 0.6) is 0 Å². The van der Waals surface area contributed by atoms with E-state index >= 15 is 0 Å². The van der Waals surface area contributed by atoms with Gasteiger partial charge < -0.3 is 0 Å². The maximum absolute atomic E-state index is 3.96. The Labute approximate surface area is 117 Å². The van der Waals surface area contributed by atoms with Gasteiger partial charge in [-0.25, -0.2) is 0 Å². The number of hydrogen-bond acceptors (Lipinski definition) is 0.